The van der Waals surface area contributed by atoms with Gasteiger partial charge in [-0.2, -0.15) is 0 Å². The summed E-state index contributed by atoms with van der Waals surface area (Å²) in [6.45, 7) is 0.562. The number of nitrogens with two attached hydrogens (primary N) is 1. The van der Waals surface area contributed by atoms with Crippen molar-refractivity contribution in [1.29, 1.82) is 0 Å². The van der Waals surface area contributed by atoms with E-state index in [1.54, 1.807) is 18.3 Å². The molecule has 1 aromatic rings. The standard InChI is InChI=1S/C11H16N4O2/c12-10(15-17)5-1-2-7-14-11(16)9-4-3-6-13-8-9/h3-4,6,8,17H,1-2,5,7H2,(H2,12,15)(H,14,16). The molecule has 0 saturated heterocycles. The Morgan fingerprint density at radius 1 is 1.53 bits per heavy atom. The van der Waals surface area contributed by atoms with Crippen LogP contribution in [0.5, 0.6) is 0 Å². The molecule has 6 nitrogen and oxygen atoms in total. The molecular weight excluding hydrogens is 220 g/mol. The van der Waals surface area contributed by atoms with Crippen LogP contribution in [0.4, 0.5) is 0 Å². The molecular formula is C11H16N4O2. The number of nitrogens with zero attached hydrogens (tertiary/aromatic N) is 2. The van der Waals surface area contributed by atoms with Crippen LogP contribution in [0.2, 0.25) is 0 Å². The Morgan fingerprint density at radius 2 is 2.35 bits per heavy atom. The third-order valence-corrected chi connectivity index (χ3v) is 2.20. The third-order valence-electron chi connectivity index (χ3n) is 2.20. The highest BCUT2D eigenvalue weighted by atomic mass is 16.4. The predicted octanol–water partition coefficient (Wildman–Crippen LogP) is 0.728. The van der Waals surface area contributed by atoms with Crippen molar-refractivity contribution in [3.63, 3.8) is 0 Å². The average molecular weight is 236 g/mol. The first kappa shape index (κ1) is 13.0. The molecule has 6 heteroatoms. The summed E-state index contributed by atoms with van der Waals surface area (Å²) >= 11 is 0. The van der Waals surface area contributed by atoms with Gasteiger partial charge in [0.05, 0.1) is 5.56 Å². The topological polar surface area (TPSA) is 101 Å². The number of hydrogen-bond donors (Lipinski definition) is 3. The molecule has 1 aromatic heterocycles. The lowest BCUT2D eigenvalue weighted by Gasteiger charge is -2.04. The van der Waals surface area contributed by atoms with Crippen molar-refractivity contribution in [2.75, 3.05) is 6.54 Å². The van der Waals surface area contributed by atoms with E-state index < -0.39 is 0 Å². The maximum absolute atomic E-state index is 11.6. The fourth-order valence-electron chi connectivity index (χ4n) is 1.28. The van der Waals surface area contributed by atoms with E-state index in [2.05, 4.69) is 15.5 Å². The monoisotopic (exact) mass is 236 g/mol. The van der Waals surface area contributed by atoms with Crippen molar-refractivity contribution in [3.8, 4) is 0 Å². The van der Waals surface area contributed by atoms with Crippen molar-refractivity contribution >= 4 is 11.7 Å². The molecule has 4 N–H and O–H groups in total. The first-order chi connectivity index (χ1) is 8.24. The van der Waals surface area contributed by atoms with E-state index in [9.17, 15) is 4.79 Å². The minimum atomic E-state index is -0.137. The number of carbonyl (C=O) groups excluding carboxylic acids is 1. The van der Waals surface area contributed by atoms with Crippen LogP contribution in [0.3, 0.4) is 0 Å². The third kappa shape index (κ3) is 4.96. The Kier molecular flexibility index (Phi) is 5.50. The van der Waals surface area contributed by atoms with Gasteiger partial charge in [-0.25, -0.2) is 0 Å². The van der Waals surface area contributed by atoms with Gasteiger partial charge in [-0.05, 0) is 25.0 Å². The summed E-state index contributed by atoms with van der Waals surface area (Å²) in [5, 5.41) is 14.0. The molecule has 0 aliphatic heterocycles. The van der Waals surface area contributed by atoms with Crippen LogP contribution in [-0.2, 0) is 0 Å². The fourth-order valence-corrected chi connectivity index (χ4v) is 1.28. The molecule has 0 fully saturated rings. The largest absolute Gasteiger partial charge is 0.409 e. The van der Waals surface area contributed by atoms with E-state index in [4.69, 9.17) is 10.9 Å². The first-order valence-corrected chi connectivity index (χ1v) is 5.38. The van der Waals surface area contributed by atoms with Crippen LogP contribution in [0.1, 0.15) is 29.6 Å². The molecule has 0 unspecified atom stereocenters. The summed E-state index contributed by atoms with van der Waals surface area (Å²) in [5.74, 6) is 0.0745. The molecule has 1 rings (SSSR count). The summed E-state index contributed by atoms with van der Waals surface area (Å²) < 4.78 is 0. The Hall–Kier alpha value is -2.11. The van der Waals surface area contributed by atoms with E-state index in [1.165, 1.54) is 6.20 Å². The average Bonchev–Trinajstić information content (AvgIpc) is 2.38. The zero-order valence-electron chi connectivity index (χ0n) is 9.47. The van der Waals surface area contributed by atoms with Crippen molar-refractivity contribution in [3.05, 3.63) is 30.1 Å². The number of unbranched alkanes of at least 4 members (excludes halogenated alkanes) is 1. The van der Waals surface area contributed by atoms with E-state index in [1.807, 2.05) is 0 Å². The van der Waals surface area contributed by atoms with Gasteiger partial charge in [0.2, 0.25) is 0 Å². The van der Waals surface area contributed by atoms with Crippen LogP contribution in [0.25, 0.3) is 0 Å². The van der Waals surface area contributed by atoms with Gasteiger partial charge in [-0.15, -0.1) is 0 Å². The molecule has 1 heterocycles. The highest BCUT2D eigenvalue weighted by molar-refractivity contribution is 5.93. The molecule has 0 aliphatic rings. The van der Waals surface area contributed by atoms with Gasteiger partial charge >= 0.3 is 0 Å². The Morgan fingerprint density at radius 3 is 3.00 bits per heavy atom. The lowest BCUT2D eigenvalue weighted by Crippen LogP contribution is -2.24. The van der Waals surface area contributed by atoms with Crippen molar-refractivity contribution in [1.82, 2.24) is 10.3 Å². The fraction of sp³-hybridized carbons (Fsp3) is 0.364. The van der Waals surface area contributed by atoms with Crippen molar-refractivity contribution in [2.45, 2.75) is 19.3 Å². The second kappa shape index (κ2) is 7.21. The number of carbonyl (C=O) groups is 1. The quantitative estimate of drug-likeness (QED) is 0.223. The molecule has 0 atom stereocenters. The molecule has 1 amide bonds. The van der Waals surface area contributed by atoms with Gasteiger partial charge in [0.1, 0.15) is 5.84 Å². The van der Waals surface area contributed by atoms with Gasteiger partial charge < -0.3 is 16.3 Å². The number of hydrogen-bond acceptors (Lipinski definition) is 4. The number of rotatable bonds is 6. The summed E-state index contributed by atoms with van der Waals surface area (Å²) in [4.78, 5) is 15.4. The molecule has 0 bridgehead atoms. The molecule has 92 valence electrons. The summed E-state index contributed by atoms with van der Waals surface area (Å²) in [6.07, 6.45) is 5.21. The van der Waals surface area contributed by atoms with Gasteiger partial charge in [0, 0.05) is 25.4 Å². The SMILES string of the molecule is NC(CCCCNC(=O)c1cccnc1)=NO. The Bertz CT molecular complexity index is 378. The Labute approximate surface area is 99.5 Å². The number of aromatic nitrogens is 1. The molecule has 0 spiro atoms. The van der Waals surface area contributed by atoms with Crippen LogP contribution < -0.4 is 11.1 Å². The number of amides is 1. The van der Waals surface area contributed by atoms with Crippen LogP contribution in [0.15, 0.2) is 29.7 Å². The van der Waals surface area contributed by atoms with Gasteiger partial charge in [-0.3, -0.25) is 9.78 Å². The summed E-state index contributed by atoms with van der Waals surface area (Å²) in [5.41, 5.74) is 5.86. The predicted molar refractivity (Wildman–Crippen MR) is 63.8 cm³/mol. The molecule has 0 saturated carbocycles. The van der Waals surface area contributed by atoms with E-state index in [0.29, 0.717) is 18.5 Å². The molecule has 0 radical (unpaired) electrons. The van der Waals surface area contributed by atoms with E-state index in [0.717, 1.165) is 12.8 Å². The zero-order chi connectivity index (χ0) is 12.5. The van der Waals surface area contributed by atoms with E-state index in [-0.39, 0.29) is 11.7 Å². The lowest BCUT2D eigenvalue weighted by molar-refractivity contribution is 0.0952. The Balaban J connectivity index is 2.17. The smallest absolute Gasteiger partial charge is 0.252 e. The molecule has 0 aliphatic carbocycles. The zero-order valence-corrected chi connectivity index (χ0v) is 9.47. The highest BCUT2D eigenvalue weighted by Gasteiger charge is 2.03. The maximum atomic E-state index is 11.6. The van der Waals surface area contributed by atoms with Gasteiger partial charge in [0.15, 0.2) is 0 Å². The van der Waals surface area contributed by atoms with Crippen LogP contribution in [0, 0.1) is 0 Å². The first-order valence-electron chi connectivity index (χ1n) is 5.38. The van der Waals surface area contributed by atoms with Crippen molar-refractivity contribution < 1.29 is 10.0 Å². The minimum Gasteiger partial charge on any atom is -0.409 e. The number of oxime groups is 1. The number of amidine groups is 1. The number of pyridine rings is 1. The minimum absolute atomic E-state index is 0.137. The second-order valence-electron chi connectivity index (χ2n) is 3.55. The molecule has 17 heavy (non-hydrogen) atoms. The normalized spacial score (nSPS) is 11.2. The van der Waals surface area contributed by atoms with Gasteiger partial charge in [0.25, 0.3) is 5.91 Å². The van der Waals surface area contributed by atoms with Crippen molar-refractivity contribution in [2.24, 2.45) is 10.9 Å². The summed E-state index contributed by atoms with van der Waals surface area (Å²) in [6, 6.07) is 3.42. The van der Waals surface area contributed by atoms with Crippen LogP contribution in [-0.4, -0.2) is 28.5 Å². The maximum Gasteiger partial charge on any atom is 0.252 e. The number of nitrogens with one attached hydrogen (secondary N) is 1. The lowest BCUT2D eigenvalue weighted by atomic mass is 10.2. The van der Waals surface area contributed by atoms with Gasteiger partial charge in [-0.1, -0.05) is 5.16 Å². The highest BCUT2D eigenvalue weighted by Crippen LogP contribution is 1.97. The molecule has 0 aromatic carbocycles. The second-order valence-corrected chi connectivity index (χ2v) is 3.55. The van der Waals surface area contributed by atoms with Crippen LogP contribution >= 0.6 is 0 Å². The summed E-state index contributed by atoms with van der Waals surface area (Å²) in [7, 11) is 0. The van der Waals surface area contributed by atoms with E-state index >= 15 is 0 Å².